The van der Waals surface area contributed by atoms with Crippen LogP contribution < -0.4 is 5.32 Å². The lowest BCUT2D eigenvalue weighted by Gasteiger charge is -2.31. The van der Waals surface area contributed by atoms with Gasteiger partial charge in [0.2, 0.25) is 0 Å². The standard InChI is InChI=1S/C13H24N4O/c1-3-4-14-10-12-9-13(18-15-12)11-17-7-5-16(2)6-8-17/h9,14H,3-8,10-11H2,1-2H3. The molecule has 1 aliphatic rings. The number of aromatic nitrogens is 1. The molecular weight excluding hydrogens is 228 g/mol. The smallest absolute Gasteiger partial charge is 0.151 e. The minimum absolute atomic E-state index is 0.806. The lowest BCUT2D eigenvalue weighted by atomic mass is 10.3. The van der Waals surface area contributed by atoms with Crippen molar-refractivity contribution < 1.29 is 4.52 Å². The van der Waals surface area contributed by atoms with E-state index >= 15 is 0 Å². The van der Waals surface area contributed by atoms with Gasteiger partial charge in [-0.3, -0.25) is 4.90 Å². The largest absolute Gasteiger partial charge is 0.360 e. The van der Waals surface area contributed by atoms with E-state index in [1.165, 1.54) is 0 Å². The molecule has 1 aromatic rings. The molecule has 0 bridgehead atoms. The second kappa shape index (κ2) is 6.87. The van der Waals surface area contributed by atoms with Crippen LogP contribution >= 0.6 is 0 Å². The quantitative estimate of drug-likeness (QED) is 0.763. The van der Waals surface area contributed by atoms with Crippen LogP contribution in [0.3, 0.4) is 0 Å². The summed E-state index contributed by atoms with van der Waals surface area (Å²) in [5.41, 5.74) is 1.01. The molecule has 18 heavy (non-hydrogen) atoms. The van der Waals surface area contributed by atoms with E-state index in [-0.39, 0.29) is 0 Å². The maximum absolute atomic E-state index is 5.38. The minimum atomic E-state index is 0.806. The van der Waals surface area contributed by atoms with Crippen molar-refractivity contribution >= 4 is 0 Å². The predicted molar refractivity (Wildman–Crippen MR) is 71.3 cm³/mol. The molecule has 2 rings (SSSR count). The topological polar surface area (TPSA) is 44.5 Å². The molecule has 0 spiro atoms. The first-order chi connectivity index (χ1) is 8.78. The van der Waals surface area contributed by atoms with Gasteiger partial charge in [-0.05, 0) is 20.0 Å². The van der Waals surface area contributed by atoms with Gasteiger partial charge in [0, 0.05) is 38.8 Å². The van der Waals surface area contributed by atoms with Crippen LogP contribution in [-0.2, 0) is 13.1 Å². The van der Waals surface area contributed by atoms with Crippen molar-refractivity contribution in [2.45, 2.75) is 26.4 Å². The van der Waals surface area contributed by atoms with Crippen LogP contribution in [0.15, 0.2) is 10.6 Å². The van der Waals surface area contributed by atoms with Gasteiger partial charge in [-0.2, -0.15) is 0 Å². The van der Waals surface area contributed by atoms with Crippen molar-refractivity contribution in [1.29, 1.82) is 0 Å². The van der Waals surface area contributed by atoms with Crippen LogP contribution in [0.4, 0.5) is 0 Å². The van der Waals surface area contributed by atoms with Crippen LogP contribution in [-0.4, -0.2) is 54.7 Å². The molecule has 5 nitrogen and oxygen atoms in total. The zero-order chi connectivity index (χ0) is 12.8. The number of rotatable bonds is 6. The molecule has 1 saturated heterocycles. The molecule has 0 aromatic carbocycles. The summed E-state index contributed by atoms with van der Waals surface area (Å²) < 4.78 is 5.38. The molecule has 0 amide bonds. The van der Waals surface area contributed by atoms with Gasteiger partial charge in [-0.25, -0.2) is 0 Å². The van der Waals surface area contributed by atoms with E-state index in [9.17, 15) is 0 Å². The highest BCUT2D eigenvalue weighted by atomic mass is 16.5. The summed E-state index contributed by atoms with van der Waals surface area (Å²) in [6.07, 6.45) is 1.14. The van der Waals surface area contributed by atoms with Crippen LogP contribution in [0, 0.1) is 0 Å². The number of hydrogen-bond acceptors (Lipinski definition) is 5. The SMILES string of the molecule is CCCNCc1cc(CN2CCN(C)CC2)on1. The van der Waals surface area contributed by atoms with E-state index < -0.39 is 0 Å². The average molecular weight is 252 g/mol. The maximum atomic E-state index is 5.38. The van der Waals surface area contributed by atoms with Crippen molar-refractivity contribution in [3.63, 3.8) is 0 Å². The Morgan fingerprint density at radius 1 is 1.33 bits per heavy atom. The van der Waals surface area contributed by atoms with Gasteiger partial charge in [-0.15, -0.1) is 0 Å². The molecule has 1 N–H and O–H groups in total. The highest BCUT2D eigenvalue weighted by Gasteiger charge is 2.15. The van der Waals surface area contributed by atoms with Gasteiger partial charge in [-0.1, -0.05) is 12.1 Å². The molecule has 0 unspecified atom stereocenters. The summed E-state index contributed by atoms with van der Waals surface area (Å²) in [6.45, 7) is 9.38. The van der Waals surface area contributed by atoms with Gasteiger partial charge in [0.05, 0.1) is 12.2 Å². The first-order valence-electron chi connectivity index (χ1n) is 6.84. The van der Waals surface area contributed by atoms with Crippen LogP contribution in [0.2, 0.25) is 0 Å². The van der Waals surface area contributed by atoms with Gasteiger partial charge >= 0.3 is 0 Å². The fraction of sp³-hybridized carbons (Fsp3) is 0.769. The van der Waals surface area contributed by atoms with E-state index in [2.05, 4.69) is 40.3 Å². The molecule has 0 radical (unpaired) electrons. The molecule has 2 heterocycles. The summed E-state index contributed by atoms with van der Waals surface area (Å²) in [6, 6.07) is 2.07. The molecule has 102 valence electrons. The molecule has 1 fully saturated rings. The van der Waals surface area contributed by atoms with E-state index in [1.807, 2.05) is 0 Å². The number of likely N-dealkylation sites (N-methyl/N-ethyl adjacent to an activating group) is 1. The van der Waals surface area contributed by atoms with Crippen molar-refractivity contribution in [3.05, 3.63) is 17.5 Å². The summed E-state index contributed by atoms with van der Waals surface area (Å²) in [4.78, 5) is 4.78. The van der Waals surface area contributed by atoms with Crippen molar-refractivity contribution in [3.8, 4) is 0 Å². The second-order valence-corrected chi connectivity index (χ2v) is 5.04. The molecule has 0 aliphatic carbocycles. The second-order valence-electron chi connectivity index (χ2n) is 5.04. The van der Waals surface area contributed by atoms with Gasteiger partial charge < -0.3 is 14.7 Å². The van der Waals surface area contributed by atoms with Crippen LogP contribution in [0.5, 0.6) is 0 Å². The normalized spacial score (nSPS) is 18.3. The van der Waals surface area contributed by atoms with E-state index in [0.717, 1.165) is 63.7 Å². The Bertz CT molecular complexity index is 345. The zero-order valence-corrected chi connectivity index (χ0v) is 11.5. The van der Waals surface area contributed by atoms with Gasteiger partial charge in [0.25, 0.3) is 0 Å². The molecule has 1 aliphatic heterocycles. The van der Waals surface area contributed by atoms with E-state index in [0.29, 0.717) is 0 Å². The molecule has 5 heteroatoms. The predicted octanol–water partition coefficient (Wildman–Crippen LogP) is 0.922. The Morgan fingerprint density at radius 3 is 2.83 bits per heavy atom. The third-order valence-electron chi connectivity index (χ3n) is 3.32. The molecule has 0 saturated carbocycles. The fourth-order valence-corrected chi connectivity index (χ4v) is 2.13. The number of piperazine rings is 1. The Labute approximate surface area is 109 Å². The Balaban J connectivity index is 1.76. The summed E-state index contributed by atoms with van der Waals surface area (Å²) >= 11 is 0. The van der Waals surface area contributed by atoms with E-state index in [1.54, 1.807) is 0 Å². The van der Waals surface area contributed by atoms with Crippen molar-refractivity contribution in [2.75, 3.05) is 39.8 Å². The Hall–Kier alpha value is -0.910. The Morgan fingerprint density at radius 2 is 2.11 bits per heavy atom. The van der Waals surface area contributed by atoms with Crippen LogP contribution in [0.25, 0.3) is 0 Å². The fourth-order valence-electron chi connectivity index (χ4n) is 2.13. The van der Waals surface area contributed by atoms with Gasteiger partial charge in [0.15, 0.2) is 5.76 Å². The zero-order valence-electron chi connectivity index (χ0n) is 11.5. The molecular formula is C13H24N4O. The molecule has 1 aromatic heterocycles. The number of nitrogens with zero attached hydrogens (tertiary/aromatic N) is 3. The van der Waals surface area contributed by atoms with Crippen molar-refractivity contribution in [2.24, 2.45) is 0 Å². The lowest BCUT2D eigenvalue weighted by Crippen LogP contribution is -2.43. The summed E-state index contributed by atoms with van der Waals surface area (Å²) in [5, 5.41) is 7.43. The van der Waals surface area contributed by atoms with E-state index in [4.69, 9.17) is 4.52 Å². The maximum Gasteiger partial charge on any atom is 0.151 e. The third kappa shape index (κ3) is 4.08. The highest BCUT2D eigenvalue weighted by Crippen LogP contribution is 2.09. The molecule has 0 atom stereocenters. The average Bonchev–Trinajstić information content (AvgIpc) is 2.80. The third-order valence-corrected chi connectivity index (χ3v) is 3.32. The number of hydrogen-bond donors (Lipinski definition) is 1. The Kier molecular flexibility index (Phi) is 5.16. The minimum Gasteiger partial charge on any atom is -0.360 e. The van der Waals surface area contributed by atoms with Crippen molar-refractivity contribution in [1.82, 2.24) is 20.3 Å². The summed E-state index contributed by atoms with van der Waals surface area (Å²) in [5.74, 6) is 0.979. The first kappa shape index (κ1) is 13.5. The van der Waals surface area contributed by atoms with Crippen LogP contribution in [0.1, 0.15) is 24.8 Å². The summed E-state index contributed by atoms with van der Waals surface area (Å²) in [7, 11) is 2.17. The first-order valence-corrected chi connectivity index (χ1v) is 6.84. The monoisotopic (exact) mass is 252 g/mol. The number of nitrogens with one attached hydrogen (secondary N) is 1. The lowest BCUT2D eigenvalue weighted by molar-refractivity contribution is 0.137. The van der Waals surface area contributed by atoms with Gasteiger partial charge in [0.1, 0.15) is 0 Å². The highest BCUT2D eigenvalue weighted by molar-refractivity contribution is 5.05.